The van der Waals surface area contributed by atoms with Crippen LogP contribution in [0.4, 0.5) is 4.79 Å². The molecule has 2 amide bonds. The molecule has 0 saturated heterocycles. The van der Waals surface area contributed by atoms with Gasteiger partial charge in [-0.05, 0) is 49.7 Å². The zero-order valence-electron chi connectivity index (χ0n) is 14.7. The van der Waals surface area contributed by atoms with Crippen molar-refractivity contribution in [1.29, 1.82) is 0 Å². The number of hydrogen-bond acceptors (Lipinski definition) is 2. The molecule has 1 saturated carbocycles. The van der Waals surface area contributed by atoms with E-state index in [9.17, 15) is 4.79 Å². The van der Waals surface area contributed by atoms with Crippen LogP contribution in [-0.2, 0) is 17.9 Å². The molecule has 0 unspecified atom stereocenters. The van der Waals surface area contributed by atoms with E-state index in [0.29, 0.717) is 25.8 Å². The Morgan fingerprint density at radius 3 is 2.52 bits per heavy atom. The molecule has 0 bridgehead atoms. The number of hydrogen-bond donors (Lipinski definition) is 1. The zero-order valence-corrected chi connectivity index (χ0v) is 14.7. The Kier molecular flexibility index (Phi) is 6.90. The molecule has 1 aromatic carbocycles. The molecule has 128 valence electrons. The highest BCUT2D eigenvalue weighted by Gasteiger charge is 2.24. The van der Waals surface area contributed by atoms with E-state index in [4.69, 9.17) is 4.74 Å². The van der Waals surface area contributed by atoms with Crippen LogP contribution in [0.15, 0.2) is 24.3 Å². The summed E-state index contributed by atoms with van der Waals surface area (Å²) in [6.07, 6.45) is 4.68. The monoisotopic (exact) mass is 318 g/mol. The molecule has 1 N–H and O–H groups in total. The first-order valence-electron chi connectivity index (χ1n) is 8.77. The van der Waals surface area contributed by atoms with Crippen molar-refractivity contribution in [1.82, 2.24) is 10.2 Å². The molecule has 0 aromatic heterocycles. The number of ether oxygens (including phenoxy) is 1. The van der Waals surface area contributed by atoms with Crippen LogP contribution in [0.2, 0.25) is 0 Å². The molecule has 0 radical (unpaired) electrons. The molecule has 1 aromatic rings. The van der Waals surface area contributed by atoms with Crippen LogP contribution in [0.1, 0.15) is 50.7 Å². The maximum atomic E-state index is 12.4. The van der Waals surface area contributed by atoms with Gasteiger partial charge in [0.2, 0.25) is 0 Å². The maximum absolute atomic E-state index is 12.4. The molecule has 2 rings (SSSR count). The first kappa shape index (κ1) is 17.8. The van der Waals surface area contributed by atoms with Crippen molar-refractivity contribution in [3.63, 3.8) is 0 Å². The lowest BCUT2D eigenvalue weighted by Crippen LogP contribution is -2.44. The van der Waals surface area contributed by atoms with E-state index in [0.717, 1.165) is 29.9 Å². The predicted molar refractivity (Wildman–Crippen MR) is 93.2 cm³/mol. The van der Waals surface area contributed by atoms with Crippen molar-refractivity contribution < 1.29 is 9.53 Å². The average molecular weight is 318 g/mol. The number of urea groups is 1. The van der Waals surface area contributed by atoms with E-state index >= 15 is 0 Å². The molecule has 0 spiro atoms. The fourth-order valence-corrected chi connectivity index (χ4v) is 3.17. The van der Waals surface area contributed by atoms with Gasteiger partial charge in [-0.1, -0.05) is 31.2 Å². The normalized spacial score (nSPS) is 21.0. The topological polar surface area (TPSA) is 41.6 Å². The molecule has 1 aliphatic carbocycles. The molecule has 4 heteroatoms. The summed E-state index contributed by atoms with van der Waals surface area (Å²) in [5.74, 6) is 0.799. The Balaban J connectivity index is 1.86. The lowest BCUT2D eigenvalue weighted by Gasteiger charge is -2.33. The van der Waals surface area contributed by atoms with Gasteiger partial charge in [-0.2, -0.15) is 0 Å². The smallest absolute Gasteiger partial charge is 0.317 e. The summed E-state index contributed by atoms with van der Waals surface area (Å²) in [6.45, 7) is 6.13. The largest absolute Gasteiger partial charge is 0.377 e. The van der Waals surface area contributed by atoms with Crippen molar-refractivity contribution in [2.75, 3.05) is 13.7 Å². The van der Waals surface area contributed by atoms with Crippen LogP contribution < -0.4 is 5.32 Å². The Hall–Kier alpha value is -1.55. The third-order valence-corrected chi connectivity index (χ3v) is 4.86. The minimum absolute atomic E-state index is 0.0239. The van der Waals surface area contributed by atoms with Gasteiger partial charge in [0, 0.05) is 26.2 Å². The number of benzene rings is 1. The first-order valence-corrected chi connectivity index (χ1v) is 8.77. The van der Waals surface area contributed by atoms with Gasteiger partial charge in [0.05, 0.1) is 6.61 Å². The van der Waals surface area contributed by atoms with Crippen LogP contribution in [0.3, 0.4) is 0 Å². The lowest BCUT2D eigenvalue weighted by molar-refractivity contribution is 0.133. The second-order valence-electron chi connectivity index (χ2n) is 6.59. The van der Waals surface area contributed by atoms with Gasteiger partial charge in [0.1, 0.15) is 0 Å². The predicted octanol–water partition coefficient (Wildman–Crippen LogP) is 3.94. The third-order valence-electron chi connectivity index (χ3n) is 4.86. The first-order chi connectivity index (χ1) is 11.1. The summed E-state index contributed by atoms with van der Waals surface area (Å²) in [6, 6.07) is 8.53. The average Bonchev–Trinajstić information content (AvgIpc) is 2.58. The molecule has 0 aliphatic heterocycles. The number of carbonyl (C=O) groups is 1. The Morgan fingerprint density at radius 1 is 1.22 bits per heavy atom. The van der Waals surface area contributed by atoms with E-state index in [1.807, 2.05) is 31.0 Å². The maximum Gasteiger partial charge on any atom is 0.317 e. The second kappa shape index (κ2) is 8.92. The molecule has 4 nitrogen and oxygen atoms in total. The van der Waals surface area contributed by atoms with Gasteiger partial charge in [-0.3, -0.25) is 0 Å². The highest BCUT2D eigenvalue weighted by atomic mass is 16.5. The van der Waals surface area contributed by atoms with Crippen LogP contribution in [-0.4, -0.2) is 30.6 Å². The van der Waals surface area contributed by atoms with E-state index in [1.165, 1.54) is 12.8 Å². The van der Waals surface area contributed by atoms with Crippen molar-refractivity contribution in [2.45, 2.75) is 58.7 Å². The molecular weight excluding hydrogens is 288 g/mol. The molecule has 0 atom stereocenters. The number of nitrogens with zero attached hydrogens (tertiary/aromatic N) is 1. The van der Waals surface area contributed by atoms with Crippen LogP contribution >= 0.6 is 0 Å². The Labute approximate surface area is 140 Å². The Bertz CT molecular complexity index is 496. The number of nitrogens with one attached hydrogen (secondary N) is 1. The number of carbonyl (C=O) groups excluding carboxylic acids is 1. The molecular formula is C19H30N2O2. The summed E-state index contributed by atoms with van der Waals surface area (Å²) in [5, 5.41) is 3.06. The van der Waals surface area contributed by atoms with E-state index < -0.39 is 0 Å². The summed E-state index contributed by atoms with van der Waals surface area (Å²) in [5.41, 5.74) is 2.27. The van der Waals surface area contributed by atoms with E-state index in [2.05, 4.69) is 24.4 Å². The summed E-state index contributed by atoms with van der Waals surface area (Å²) in [4.78, 5) is 14.3. The summed E-state index contributed by atoms with van der Waals surface area (Å²) in [7, 11) is 1.92. The highest BCUT2D eigenvalue weighted by Crippen LogP contribution is 2.26. The second-order valence-corrected chi connectivity index (χ2v) is 6.59. The Morgan fingerprint density at radius 2 is 1.87 bits per heavy atom. The van der Waals surface area contributed by atoms with Gasteiger partial charge in [-0.25, -0.2) is 4.79 Å². The van der Waals surface area contributed by atoms with Crippen LogP contribution in [0.5, 0.6) is 0 Å². The standard InChI is InChI=1S/C19H30N2O2/c1-4-23-14-17-8-6-5-7-16(17)13-20-19(22)21(3)18-11-9-15(2)10-12-18/h5-8,15,18H,4,9-14H2,1-3H3,(H,20,22). The van der Waals surface area contributed by atoms with E-state index in [-0.39, 0.29) is 6.03 Å². The van der Waals surface area contributed by atoms with Crippen molar-refractivity contribution >= 4 is 6.03 Å². The van der Waals surface area contributed by atoms with Gasteiger partial charge in [-0.15, -0.1) is 0 Å². The number of rotatable bonds is 6. The SMILES string of the molecule is CCOCc1ccccc1CNC(=O)N(C)C1CCC(C)CC1. The summed E-state index contributed by atoms with van der Waals surface area (Å²) < 4.78 is 5.50. The van der Waals surface area contributed by atoms with Crippen molar-refractivity contribution in [3.05, 3.63) is 35.4 Å². The van der Waals surface area contributed by atoms with Gasteiger partial charge >= 0.3 is 6.03 Å². The van der Waals surface area contributed by atoms with Crippen molar-refractivity contribution in [3.8, 4) is 0 Å². The fourth-order valence-electron chi connectivity index (χ4n) is 3.17. The van der Waals surface area contributed by atoms with Crippen molar-refractivity contribution in [2.24, 2.45) is 5.92 Å². The van der Waals surface area contributed by atoms with Gasteiger partial charge < -0.3 is 15.0 Å². The number of amides is 2. The molecule has 1 fully saturated rings. The minimum atomic E-state index is 0.0239. The summed E-state index contributed by atoms with van der Waals surface area (Å²) >= 11 is 0. The lowest BCUT2D eigenvalue weighted by atomic mass is 9.87. The zero-order chi connectivity index (χ0) is 16.7. The third kappa shape index (κ3) is 5.24. The van der Waals surface area contributed by atoms with Crippen LogP contribution in [0.25, 0.3) is 0 Å². The minimum Gasteiger partial charge on any atom is -0.377 e. The van der Waals surface area contributed by atoms with Gasteiger partial charge in [0.25, 0.3) is 0 Å². The van der Waals surface area contributed by atoms with Gasteiger partial charge in [0.15, 0.2) is 0 Å². The molecule has 1 aliphatic rings. The quantitative estimate of drug-likeness (QED) is 0.863. The molecule has 0 heterocycles. The van der Waals surface area contributed by atoms with E-state index in [1.54, 1.807) is 0 Å². The van der Waals surface area contributed by atoms with Crippen LogP contribution in [0, 0.1) is 5.92 Å². The molecule has 23 heavy (non-hydrogen) atoms. The highest BCUT2D eigenvalue weighted by molar-refractivity contribution is 5.74. The fraction of sp³-hybridized carbons (Fsp3) is 0.632.